The van der Waals surface area contributed by atoms with Gasteiger partial charge in [0.2, 0.25) is 0 Å². The Hall–Kier alpha value is -4.09. The van der Waals surface area contributed by atoms with Gasteiger partial charge in [-0.25, -0.2) is 18.4 Å². The summed E-state index contributed by atoms with van der Waals surface area (Å²) in [6.45, 7) is 3.74. The Morgan fingerprint density at radius 2 is 1.97 bits per heavy atom. The van der Waals surface area contributed by atoms with Gasteiger partial charge in [0.25, 0.3) is 5.91 Å². The van der Waals surface area contributed by atoms with Crippen LogP contribution in [0.2, 0.25) is 0 Å². The van der Waals surface area contributed by atoms with Crippen LogP contribution in [0.4, 0.5) is 11.6 Å². The van der Waals surface area contributed by atoms with Crippen molar-refractivity contribution in [1.82, 2.24) is 20.3 Å². The van der Waals surface area contributed by atoms with Crippen LogP contribution in [0.3, 0.4) is 0 Å². The second-order valence-corrected chi connectivity index (χ2v) is 11.5. The highest BCUT2D eigenvalue weighted by molar-refractivity contribution is 7.91. The number of anilines is 2. The Morgan fingerprint density at radius 1 is 1.08 bits per heavy atom. The summed E-state index contributed by atoms with van der Waals surface area (Å²) in [5.74, 6) is 1.75. The number of nitrogens with one attached hydrogen (secondary N) is 1. The van der Waals surface area contributed by atoms with E-state index in [0.717, 1.165) is 40.3 Å². The molecule has 0 spiro atoms. The smallest absolute Gasteiger partial charge is 0.251 e. The molecule has 6 rings (SSSR count). The number of ether oxygens (including phenoxy) is 2. The van der Waals surface area contributed by atoms with Gasteiger partial charge < -0.3 is 19.7 Å². The molecule has 0 atom stereocenters. The molecule has 0 saturated heterocycles. The van der Waals surface area contributed by atoms with E-state index >= 15 is 0 Å². The number of aromatic nitrogens is 3. The topological polar surface area (TPSA) is 124 Å². The molecule has 2 aliphatic heterocycles. The highest BCUT2D eigenvalue weighted by atomic mass is 32.2. The van der Waals surface area contributed by atoms with Crippen LogP contribution in [0.5, 0.6) is 5.75 Å². The number of pyridine rings is 3. The Morgan fingerprint density at radius 3 is 2.85 bits per heavy atom. The molecule has 0 unspecified atom stereocenters. The number of carbonyl (C=O) groups is 1. The van der Waals surface area contributed by atoms with Crippen LogP contribution >= 0.6 is 0 Å². The summed E-state index contributed by atoms with van der Waals surface area (Å²) in [5.41, 5.74) is 3.31. The van der Waals surface area contributed by atoms with E-state index in [2.05, 4.69) is 22.2 Å². The van der Waals surface area contributed by atoms with Crippen LogP contribution in [-0.4, -0.2) is 54.8 Å². The maximum atomic E-state index is 12.9. The molecule has 10 nitrogen and oxygen atoms in total. The van der Waals surface area contributed by atoms with Crippen molar-refractivity contribution >= 4 is 38.3 Å². The predicted molar refractivity (Wildman–Crippen MR) is 145 cm³/mol. The van der Waals surface area contributed by atoms with Crippen molar-refractivity contribution in [3.8, 4) is 5.75 Å². The summed E-state index contributed by atoms with van der Waals surface area (Å²) in [6, 6.07) is 12.4. The first-order chi connectivity index (χ1) is 18.9. The van der Waals surface area contributed by atoms with Crippen molar-refractivity contribution in [2.45, 2.75) is 31.4 Å². The van der Waals surface area contributed by atoms with Gasteiger partial charge in [0.05, 0.1) is 48.2 Å². The molecular formula is C28H27N5O5S. The highest BCUT2D eigenvalue weighted by Gasteiger charge is 2.24. The lowest BCUT2D eigenvalue weighted by atomic mass is 10.1. The number of nitrogens with zero attached hydrogens (tertiary/aromatic N) is 4. The van der Waals surface area contributed by atoms with Crippen LogP contribution in [0.15, 0.2) is 59.8 Å². The number of hydrogen-bond donors (Lipinski definition) is 1. The summed E-state index contributed by atoms with van der Waals surface area (Å²) < 4.78 is 36.3. The maximum absolute atomic E-state index is 12.9. The van der Waals surface area contributed by atoms with E-state index < -0.39 is 9.84 Å². The van der Waals surface area contributed by atoms with E-state index in [-0.39, 0.29) is 41.9 Å². The van der Waals surface area contributed by atoms with E-state index in [1.165, 1.54) is 6.07 Å². The minimum atomic E-state index is -3.50. The van der Waals surface area contributed by atoms with Gasteiger partial charge in [0, 0.05) is 23.3 Å². The minimum absolute atomic E-state index is 0.104. The van der Waals surface area contributed by atoms with Gasteiger partial charge in [-0.2, -0.15) is 0 Å². The Bertz CT molecular complexity index is 1690. The highest BCUT2D eigenvalue weighted by Crippen LogP contribution is 2.35. The zero-order valence-electron chi connectivity index (χ0n) is 21.4. The number of benzene rings is 1. The Balaban J connectivity index is 1.21. The van der Waals surface area contributed by atoms with Crippen molar-refractivity contribution < 1.29 is 22.7 Å². The van der Waals surface area contributed by atoms with Gasteiger partial charge in [-0.3, -0.25) is 9.78 Å². The third kappa shape index (κ3) is 5.02. The summed E-state index contributed by atoms with van der Waals surface area (Å²) in [7, 11) is -3.50. The van der Waals surface area contributed by atoms with Crippen molar-refractivity contribution in [2.24, 2.45) is 0 Å². The van der Waals surface area contributed by atoms with Crippen molar-refractivity contribution in [2.75, 3.05) is 30.4 Å². The lowest BCUT2D eigenvalue weighted by molar-refractivity contribution is 0.0950. The van der Waals surface area contributed by atoms with E-state index in [1.807, 2.05) is 35.4 Å². The normalized spacial score (nSPS) is 16.1. The van der Waals surface area contributed by atoms with Crippen molar-refractivity contribution in [1.29, 1.82) is 0 Å². The summed E-state index contributed by atoms with van der Waals surface area (Å²) in [5, 5.41) is 3.71. The van der Waals surface area contributed by atoms with Crippen molar-refractivity contribution in [3.63, 3.8) is 0 Å². The molecule has 3 aromatic heterocycles. The maximum Gasteiger partial charge on any atom is 0.251 e. The number of amides is 1. The molecule has 1 N–H and O–H groups in total. The van der Waals surface area contributed by atoms with Gasteiger partial charge in [-0.1, -0.05) is 13.0 Å². The summed E-state index contributed by atoms with van der Waals surface area (Å²) in [4.78, 5) is 29.0. The summed E-state index contributed by atoms with van der Waals surface area (Å²) >= 11 is 0. The molecule has 4 aromatic rings. The van der Waals surface area contributed by atoms with Gasteiger partial charge in [0.1, 0.15) is 12.4 Å². The third-order valence-corrected chi connectivity index (χ3v) is 8.62. The molecule has 2 aliphatic rings. The molecule has 1 aromatic carbocycles. The van der Waals surface area contributed by atoms with Gasteiger partial charge in [-0.15, -0.1) is 0 Å². The fraction of sp³-hybridized carbons (Fsp3) is 0.286. The Labute approximate surface area is 225 Å². The lowest BCUT2D eigenvalue weighted by Gasteiger charge is -2.29. The molecule has 0 radical (unpaired) electrons. The largest absolute Gasteiger partial charge is 0.488 e. The molecular weight excluding hydrogens is 518 g/mol. The average molecular weight is 546 g/mol. The quantitative estimate of drug-likeness (QED) is 0.402. The molecule has 11 heteroatoms. The number of aryl methyl sites for hydroxylation is 1. The first-order valence-corrected chi connectivity index (χ1v) is 14.4. The molecule has 39 heavy (non-hydrogen) atoms. The molecule has 200 valence electrons. The summed E-state index contributed by atoms with van der Waals surface area (Å²) in [6.07, 6.45) is 4.46. The molecule has 0 bridgehead atoms. The SMILES string of the molecule is CCc1cnc2c(c1)OCCN2c1ccc2cnc(CNC(=O)c3ccc4c(c3)S(=O)(=O)CCOC4)cc2n1. The van der Waals surface area contributed by atoms with Gasteiger partial charge >= 0.3 is 0 Å². The number of rotatable bonds is 5. The monoisotopic (exact) mass is 545 g/mol. The second kappa shape index (κ2) is 10.2. The third-order valence-electron chi connectivity index (χ3n) is 6.87. The number of sulfone groups is 1. The van der Waals surface area contributed by atoms with Crippen molar-refractivity contribution in [3.05, 3.63) is 77.2 Å². The fourth-order valence-corrected chi connectivity index (χ4v) is 6.08. The van der Waals surface area contributed by atoms with Crippen LogP contribution in [0, 0.1) is 0 Å². The first-order valence-electron chi connectivity index (χ1n) is 12.8. The molecule has 0 saturated carbocycles. The second-order valence-electron chi connectivity index (χ2n) is 9.43. The molecule has 1 amide bonds. The van der Waals surface area contributed by atoms with Crippen LogP contribution in [0.25, 0.3) is 10.9 Å². The van der Waals surface area contributed by atoms with Gasteiger partial charge in [0.15, 0.2) is 21.4 Å². The zero-order chi connectivity index (χ0) is 27.0. The van der Waals surface area contributed by atoms with E-state index in [0.29, 0.717) is 24.4 Å². The van der Waals surface area contributed by atoms with Gasteiger partial charge in [-0.05, 0) is 53.9 Å². The van der Waals surface area contributed by atoms with E-state index in [4.69, 9.17) is 14.5 Å². The van der Waals surface area contributed by atoms with E-state index in [1.54, 1.807) is 18.3 Å². The number of carbonyl (C=O) groups excluding carboxylic acids is 1. The number of fused-ring (bicyclic) bond motifs is 3. The fourth-order valence-electron chi connectivity index (χ4n) is 4.69. The zero-order valence-corrected chi connectivity index (χ0v) is 22.2. The Kier molecular flexibility index (Phi) is 6.61. The van der Waals surface area contributed by atoms with Crippen LogP contribution < -0.4 is 15.0 Å². The standard InChI is InChI=1S/C28H27N5O5S/c1-2-18-11-24-27(30-14-18)33(7-8-38-24)26-6-5-20-15-29-22(13-23(20)32-26)16-31-28(34)19-3-4-21-17-37-9-10-39(35,36)25(21)12-19/h3-6,11-15H,2,7-10,16-17H2,1H3,(H,31,34). The predicted octanol–water partition coefficient (Wildman–Crippen LogP) is 3.35. The minimum Gasteiger partial charge on any atom is -0.488 e. The number of hydrogen-bond acceptors (Lipinski definition) is 9. The lowest BCUT2D eigenvalue weighted by Crippen LogP contribution is -2.30. The van der Waals surface area contributed by atoms with Crippen LogP contribution in [-0.2, 0) is 34.1 Å². The first kappa shape index (κ1) is 25.2. The average Bonchev–Trinajstić information content (AvgIpc) is 3.11. The van der Waals surface area contributed by atoms with E-state index in [9.17, 15) is 13.2 Å². The van der Waals surface area contributed by atoms with Crippen LogP contribution in [0.1, 0.15) is 34.1 Å². The molecule has 0 aliphatic carbocycles. The molecule has 0 fully saturated rings. The molecule has 5 heterocycles.